The summed E-state index contributed by atoms with van der Waals surface area (Å²) in [5, 5.41) is 8.02. The van der Waals surface area contributed by atoms with E-state index in [1.165, 1.54) is 5.59 Å². The molecule has 0 atom stereocenters. The second-order valence-electron chi connectivity index (χ2n) is 1.97. The first-order valence-electron chi connectivity index (χ1n) is 3.25. The zero-order valence-corrected chi connectivity index (χ0v) is 6.15. The molecule has 5 nitrogen and oxygen atoms in total. The second kappa shape index (κ2) is 4.45. The lowest BCUT2D eigenvalue weighted by atomic mass is 10.2. The fourth-order valence-electron chi connectivity index (χ4n) is 0.702. The van der Waals surface area contributed by atoms with Crippen LogP contribution in [0.4, 0.5) is 0 Å². The topological polar surface area (TPSA) is 70.6 Å². The zero-order chi connectivity index (χ0) is 8.81. The maximum absolute atomic E-state index is 11.0. The highest BCUT2D eigenvalue weighted by Gasteiger charge is 2.04. The monoisotopic (exact) mass is 168 g/mol. The van der Waals surface area contributed by atoms with Crippen LogP contribution >= 0.6 is 0 Å². The Bertz CT molecular complexity index is 250. The molecule has 0 radical (unpaired) electrons. The third-order valence-corrected chi connectivity index (χ3v) is 1.20. The SMILES string of the molecule is O=C(ONNO)c1ccccc1. The van der Waals surface area contributed by atoms with Crippen molar-refractivity contribution in [3.8, 4) is 0 Å². The van der Waals surface area contributed by atoms with Crippen LogP contribution in [0.25, 0.3) is 0 Å². The van der Waals surface area contributed by atoms with Gasteiger partial charge in [-0.25, -0.2) is 4.79 Å². The van der Waals surface area contributed by atoms with Gasteiger partial charge in [0.25, 0.3) is 0 Å². The summed E-state index contributed by atoms with van der Waals surface area (Å²) in [4.78, 5) is 15.3. The van der Waals surface area contributed by atoms with E-state index in [0.717, 1.165) is 0 Å². The maximum Gasteiger partial charge on any atom is 0.358 e. The lowest BCUT2D eigenvalue weighted by Gasteiger charge is -2.01. The number of hydrogen-bond acceptors (Lipinski definition) is 5. The highest BCUT2D eigenvalue weighted by Crippen LogP contribution is 1.98. The zero-order valence-electron chi connectivity index (χ0n) is 6.15. The molecule has 0 aliphatic carbocycles. The van der Waals surface area contributed by atoms with E-state index < -0.39 is 5.97 Å². The molecule has 1 aromatic rings. The molecule has 0 unspecified atom stereocenters. The minimum Gasteiger partial charge on any atom is -0.349 e. The Morgan fingerprint density at radius 3 is 2.58 bits per heavy atom. The van der Waals surface area contributed by atoms with Crippen LogP contribution in [-0.4, -0.2) is 11.2 Å². The van der Waals surface area contributed by atoms with Gasteiger partial charge >= 0.3 is 5.97 Å². The van der Waals surface area contributed by atoms with Gasteiger partial charge in [-0.15, -0.1) is 5.59 Å². The predicted molar refractivity (Wildman–Crippen MR) is 39.9 cm³/mol. The molecule has 1 rings (SSSR count). The third kappa shape index (κ3) is 2.31. The molecule has 1 aromatic carbocycles. The first-order valence-corrected chi connectivity index (χ1v) is 3.25. The first kappa shape index (κ1) is 8.66. The van der Waals surface area contributed by atoms with Crippen LogP contribution in [0.5, 0.6) is 0 Å². The number of rotatable bonds is 3. The summed E-state index contributed by atoms with van der Waals surface area (Å²) in [6, 6.07) is 8.41. The Kier molecular flexibility index (Phi) is 3.21. The van der Waals surface area contributed by atoms with Crippen molar-refractivity contribution in [1.82, 2.24) is 11.2 Å². The van der Waals surface area contributed by atoms with Crippen LogP contribution in [0.2, 0.25) is 0 Å². The maximum atomic E-state index is 11.0. The number of benzene rings is 1. The predicted octanol–water partition coefficient (Wildman–Crippen LogP) is 0.242. The fraction of sp³-hybridized carbons (Fsp3) is 0. The molecule has 0 saturated carbocycles. The van der Waals surface area contributed by atoms with Crippen LogP contribution in [-0.2, 0) is 4.84 Å². The Labute approximate surface area is 68.8 Å². The fourth-order valence-corrected chi connectivity index (χ4v) is 0.702. The van der Waals surface area contributed by atoms with E-state index in [1.807, 2.05) is 0 Å². The van der Waals surface area contributed by atoms with Gasteiger partial charge in [-0.3, -0.25) is 5.21 Å². The summed E-state index contributed by atoms with van der Waals surface area (Å²) < 4.78 is 0. The number of carbonyl (C=O) groups is 1. The summed E-state index contributed by atoms with van der Waals surface area (Å²) in [5.74, 6) is -0.572. The van der Waals surface area contributed by atoms with Gasteiger partial charge in [0.2, 0.25) is 0 Å². The highest BCUT2D eigenvalue weighted by molar-refractivity contribution is 5.88. The smallest absolute Gasteiger partial charge is 0.349 e. The van der Waals surface area contributed by atoms with E-state index in [1.54, 1.807) is 35.9 Å². The Morgan fingerprint density at radius 2 is 2.00 bits per heavy atom. The second-order valence-corrected chi connectivity index (χ2v) is 1.97. The molecule has 12 heavy (non-hydrogen) atoms. The van der Waals surface area contributed by atoms with Gasteiger partial charge in [0.05, 0.1) is 5.56 Å². The van der Waals surface area contributed by atoms with E-state index in [-0.39, 0.29) is 0 Å². The van der Waals surface area contributed by atoms with Gasteiger partial charge in [-0.05, 0) is 12.1 Å². The summed E-state index contributed by atoms with van der Waals surface area (Å²) >= 11 is 0. The van der Waals surface area contributed by atoms with Crippen molar-refractivity contribution >= 4 is 5.97 Å². The average molecular weight is 168 g/mol. The van der Waals surface area contributed by atoms with E-state index >= 15 is 0 Å². The van der Waals surface area contributed by atoms with E-state index in [9.17, 15) is 4.79 Å². The molecule has 0 bridgehead atoms. The van der Waals surface area contributed by atoms with Crippen molar-refractivity contribution < 1.29 is 14.8 Å². The van der Waals surface area contributed by atoms with Crippen molar-refractivity contribution in [2.24, 2.45) is 0 Å². The molecule has 0 heterocycles. The number of hydrogen-bond donors (Lipinski definition) is 3. The minimum atomic E-state index is -0.572. The van der Waals surface area contributed by atoms with E-state index in [4.69, 9.17) is 5.21 Å². The molecular formula is C7H8N2O3. The van der Waals surface area contributed by atoms with Crippen LogP contribution < -0.4 is 11.2 Å². The number of nitrogens with one attached hydrogen (secondary N) is 2. The standard InChI is InChI=1S/C7H8N2O3/c10-7(12-9-8-11)6-4-2-1-3-5-6/h1-5,8-9,11H. The van der Waals surface area contributed by atoms with Crippen molar-refractivity contribution in [2.75, 3.05) is 0 Å². The molecule has 0 amide bonds. The first-order chi connectivity index (χ1) is 5.84. The molecule has 5 heteroatoms. The number of hydrazine groups is 1. The van der Waals surface area contributed by atoms with Crippen LogP contribution in [0.3, 0.4) is 0 Å². The molecule has 0 aliphatic heterocycles. The lowest BCUT2D eigenvalue weighted by Crippen LogP contribution is -2.31. The molecule has 64 valence electrons. The molecule has 0 spiro atoms. The van der Waals surface area contributed by atoms with Crippen LogP contribution in [0, 0.1) is 0 Å². The summed E-state index contributed by atoms with van der Waals surface area (Å²) in [6.07, 6.45) is 0. The van der Waals surface area contributed by atoms with Gasteiger partial charge in [0.15, 0.2) is 0 Å². The van der Waals surface area contributed by atoms with Crippen LogP contribution in [0.15, 0.2) is 30.3 Å². The molecule has 0 aromatic heterocycles. The Balaban J connectivity index is 2.54. The summed E-state index contributed by atoms with van der Waals surface area (Å²) in [5.41, 5.74) is 3.68. The van der Waals surface area contributed by atoms with Gasteiger partial charge in [-0.2, -0.15) is 0 Å². The van der Waals surface area contributed by atoms with Gasteiger partial charge in [-0.1, -0.05) is 23.8 Å². The Morgan fingerprint density at radius 1 is 1.33 bits per heavy atom. The van der Waals surface area contributed by atoms with Crippen molar-refractivity contribution in [2.45, 2.75) is 0 Å². The van der Waals surface area contributed by atoms with E-state index in [2.05, 4.69) is 4.84 Å². The summed E-state index contributed by atoms with van der Waals surface area (Å²) in [7, 11) is 0. The van der Waals surface area contributed by atoms with E-state index in [0.29, 0.717) is 5.56 Å². The Hall–Kier alpha value is -1.43. The highest BCUT2D eigenvalue weighted by atomic mass is 16.8. The molecular weight excluding hydrogens is 160 g/mol. The number of carbonyl (C=O) groups excluding carboxylic acids is 1. The van der Waals surface area contributed by atoms with Crippen molar-refractivity contribution in [3.05, 3.63) is 35.9 Å². The average Bonchev–Trinajstić information content (AvgIpc) is 2.15. The van der Waals surface area contributed by atoms with Crippen molar-refractivity contribution in [3.63, 3.8) is 0 Å². The normalized spacial score (nSPS) is 9.42. The molecule has 0 saturated heterocycles. The molecule has 0 fully saturated rings. The summed E-state index contributed by atoms with van der Waals surface area (Å²) in [6.45, 7) is 0. The molecule has 0 aliphatic rings. The lowest BCUT2D eigenvalue weighted by molar-refractivity contribution is -0.0447. The largest absolute Gasteiger partial charge is 0.358 e. The third-order valence-electron chi connectivity index (χ3n) is 1.20. The van der Waals surface area contributed by atoms with Gasteiger partial charge < -0.3 is 4.84 Å². The molecule has 3 N–H and O–H groups in total. The van der Waals surface area contributed by atoms with Crippen LogP contribution in [0.1, 0.15) is 10.4 Å². The van der Waals surface area contributed by atoms with Crippen molar-refractivity contribution in [1.29, 1.82) is 0 Å². The minimum absolute atomic E-state index is 0.403. The van der Waals surface area contributed by atoms with Gasteiger partial charge in [0.1, 0.15) is 0 Å². The quantitative estimate of drug-likeness (QED) is 0.564. The van der Waals surface area contributed by atoms with Gasteiger partial charge in [0, 0.05) is 0 Å².